The number of benzene rings is 3. The Labute approximate surface area is 196 Å². The molecule has 33 heavy (non-hydrogen) atoms. The Morgan fingerprint density at radius 1 is 1.00 bits per heavy atom. The molecule has 0 heterocycles. The molecule has 0 unspecified atom stereocenters. The number of halogens is 2. The van der Waals surface area contributed by atoms with Gasteiger partial charge in [-0.3, -0.25) is 4.79 Å². The Hall–Kier alpha value is -3.58. The minimum absolute atomic E-state index is 0.0584. The van der Waals surface area contributed by atoms with E-state index in [0.29, 0.717) is 13.0 Å². The largest absolute Gasteiger partial charge is 0.497 e. The second-order valence-corrected chi connectivity index (χ2v) is 7.66. The molecule has 3 aromatic carbocycles. The normalized spacial score (nSPS) is 10.5. The van der Waals surface area contributed by atoms with Crippen LogP contribution in [0.25, 0.3) is 0 Å². The summed E-state index contributed by atoms with van der Waals surface area (Å²) in [6.07, 6.45) is 0.573. The van der Waals surface area contributed by atoms with Crippen molar-refractivity contribution in [3.05, 3.63) is 94.3 Å². The van der Waals surface area contributed by atoms with Crippen LogP contribution in [0.15, 0.2) is 66.7 Å². The molecule has 0 fully saturated rings. The Balaban J connectivity index is 1.73. The number of carboxylic acids is 1. The van der Waals surface area contributed by atoms with E-state index in [9.17, 15) is 19.1 Å². The van der Waals surface area contributed by atoms with Crippen LogP contribution in [0.4, 0.5) is 4.39 Å². The van der Waals surface area contributed by atoms with E-state index in [1.165, 1.54) is 30.3 Å². The van der Waals surface area contributed by atoms with Crippen LogP contribution < -0.4 is 9.47 Å². The van der Waals surface area contributed by atoms with Gasteiger partial charge in [-0.15, -0.1) is 0 Å². The number of ether oxygens (including phenoxy) is 2. The fourth-order valence-electron chi connectivity index (χ4n) is 3.21. The highest BCUT2D eigenvalue weighted by atomic mass is 35.5. The van der Waals surface area contributed by atoms with Gasteiger partial charge in [0.2, 0.25) is 0 Å². The molecule has 0 radical (unpaired) electrons. The quantitative estimate of drug-likeness (QED) is 0.458. The lowest BCUT2D eigenvalue weighted by atomic mass is 10.1. The molecule has 1 amide bonds. The van der Waals surface area contributed by atoms with E-state index in [1.54, 1.807) is 24.1 Å². The van der Waals surface area contributed by atoms with Crippen LogP contribution in [0.3, 0.4) is 0 Å². The molecular formula is C25H23ClFNO5. The van der Waals surface area contributed by atoms with Crippen molar-refractivity contribution in [2.24, 2.45) is 0 Å². The number of hydrogen-bond acceptors (Lipinski definition) is 4. The summed E-state index contributed by atoms with van der Waals surface area (Å²) in [7, 11) is 1.59. The van der Waals surface area contributed by atoms with Gasteiger partial charge >= 0.3 is 5.97 Å². The van der Waals surface area contributed by atoms with Crippen molar-refractivity contribution in [2.45, 2.75) is 13.0 Å². The third kappa shape index (κ3) is 6.70. The lowest BCUT2D eigenvalue weighted by molar-refractivity contribution is -0.134. The minimum atomic E-state index is -1.21. The number of rotatable bonds is 10. The summed E-state index contributed by atoms with van der Waals surface area (Å²) in [5.41, 5.74) is 1.63. The van der Waals surface area contributed by atoms with Crippen molar-refractivity contribution < 1.29 is 28.6 Å². The Bertz CT molecular complexity index is 1100. The van der Waals surface area contributed by atoms with Gasteiger partial charge in [0.05, 0.1) is 12.1 Å². The number of methoxy groups -OCH3 is 1. The van der Waals surface area contributed by atoms with Gasteiger partial charge in [0.1, 0.15) is 17.1 Å². The Morgan fingerprint density at radius 2 is 1.67 bits per heavy atom. The lowest BCUT2D eigenvalue weighted by Gasteiger charge is -2.23. The summed E-state index contributed by atoms with van der Waals surface area (Å²) in [6, 6.07) is 17.8. The first-order valence-electron chi connectivity index (χ1n) is 10.2. The smallest absolute Gasteiger partial charge is 0.339 e. The summed E-state index contributed by atoms with van der Waals surface area (Å²) in [6.45, 7) is 0.223. The molecule has 0 aliphatic heterocycles. The zero-order chi connectivity index (χ0) is 23.8. The highest BCUT2D eigenvalue weighted by molar-refractivity contribution is 6.32. The number of carbonyl (C=O) groups is 2. The maximum Gasteiger partial charge on any atom is 0.339 e. The third-order valence-electron chi connectivity index (χ3n) is 5.01. The van der Waals surface area contributed by atoms with Gasteiger partial charge in [-0.1, -0.05) is 41.9 Å². The fraction of sp³-hybridized carbons (Fsp3) is 0.200. The van der Waals surface area contributed by atoms with Gasteiger partial charge in [-0.2, -0.15) is 0 Å². The molecule has 0 aliphatic carbocycles. The number of carbonyl (C=O) groups excluding carboxylic acids is 1. The molecule has 0 aromatic heterocycles. The SMILES string of the molecule is COc1ccc(CCN(Cc2ccc(F)cc2)C(=O)COc2c(Cl)cccc2C(=O)O)cc1. The Kier molecular flexibility index (Phi) is 8.27. The zero-order valence-corrected chi connectivity index (χ0v) is 18.7. The van der Waals surface area contributed by atoms with Crippen LogP contribution in [-0.4, -0.2) is 42.1 Å². The molecule has 0 aliphatic rings. The molecule has 0 spiro atoms. The monoisotopic (exact) mass is 471 g/mol. The summed E-state index contributed by atoms with van der Waals surface area (Å²) in [5, 5.41) is 9.46. The topological polar surface area (TPSA) is 76.1 Å². The molecule has 8 heteroatoms. The summed E-state index contributed by atoms with van der Waals surface area (Å²) >= 11 is 6.09. The zero-order valence-electron chi connectivity index (χ0n) is 18.0. The lowest BCUT2D eigenvalue weighted by Crippen LogP contribution is -2.36. The maximum absolute atomic E-state index is 13.3. The van der Waals surface area contributed by atoms with Crippen LogP contribution >= 0.6 is 11.6 Å². The van der Waals surface area contributed by atoms with E-state index >= 15 is 0 Å². The highest BCUT2D eigenvalue weighted by Crippen LogP contribution is 2.28. The highest BCUT2D eigenvalue weighted by Gasteiger charge is 2.19. The molecule has 0 atom stereocenters. The second-order valence-electron chi connectivity index (χ2n) is 7.25. The van der Waals surface area contributed by atoms with Crippen LogP contribution in [-0.2, 0) is 17.8 Å². The van der Waals surface area contributed by atoms with E-state index in [4.69, 9.17) is 21.1 Å². The third-order valence-corrected chi connectivity index (χ3v) is 5.30. The van der Waals surface area contributed by atoms with Crippen molar-refractivity contribution >= 4 is 23.5 Å². The molecular weight excluding hydrogens is 449 g/mol. The van der Waals surface area contributed by atoms with E-state index in [-0.39, 0.29) is 34.6 Å². The molecule has 0 saturated heterocycles. The number of hydrogen-bond donors (Lipinski definition) is 1. The number of nitrogens with zero attached hydrogens (tertiary/aromatic N) is 1. The van der Waals surface area contributed by atoms with Crippen molar-refractivity contribution in [3.63, 3.8) is 0 Å². The van der Waals surface area contributed by atoms with Gasteiger partial charge in [-0.25, -0.2) is 9.18 Å². The number of amides is 1. The van der Waals surface area contributed by atoms with Crippen molar-refractivity contribution in [3.8, 4) is 11.5 Å². The van der Waals surface area contributed by atoms with Crippen molar-refractivity contribution in [1.29, 1.82) is 0 Å². The van der Waals surface area contributed by atoms with E-state index < -0.39 is 12.6 Å². The first kappa shape index (κ1) is 24.1. The molecule has 172 valence electrons. The predicted molar refractivity (Wildman–Crippen MR) is 122 cm³/mol. The average Bonchev–Trinajstić information content (AvgIpc) is 2.82. The molecule has 0 bridgehead atoms. The van der Waals surface area contributed by atoms with Crippen LogP contribution in [0, 0.1) is 5.82 Å². The average molecular weight is 472 g/mol. The molecule has 1 N–H and O–H groups in total. The standard InChI is InChI=1S/C25H23ClFNO5/c1-32-20-11-7-17(8-12-20)13-14-28(15-18-5-9-19(27)10-6-18)23(29)16-33-24-21(25(30)31)3-2-4-22(24)26/h2-12H,13-16H2,1H3,(H,30,31). The molecule has 3 rings (SSSR count). The maximum atomic E-state index is 13.3. The predicted octanol–water partition coefficient (Wildman–Crippen LogP) is 4.84. The molecule has 6 nitrogen and oxygen atoms in total. The molecule has 0 saturated carbocycles. The van der Waals surface area contributed by atoms with Crippen LogP contribution in [0.2, 0.25) is 5.02 Å². The van der Waals surface area contributed by atoms with Gasteiger partial charge in [0, 0.05) is 13.1 Å². The van der Waals surface area contributed by atoms with Gasteiger partial charge in [0.15, 0.2) is 12.4 Å². The first-order chi connectivity index (χ1) is 15.9. The van der Waals surface area contributed by atoms with Crippen LogP contribution in [0.5, 0.6) is 11.5 Å². The van der Waals surface area contributed by atoms with E-state index in [0.717, 1.165) is 16.9 Å². The summed E-state index contributed by atoms with van der Waals surface area (Å²) < 4.78 is 24.0. The van der Waals surface area contributed by atoms with Crippen LogP contribution in [0.1, 0.15) is 21.5 Å². The Morgan fingerprint density at radius 3 is 2.30 bits per heavy atom. The summed E-state index contributed by atoms with van der Waals surface area (Å²) in [5.74, 6) is -1.25. The van der Waals surface area contributed by atoms with Gasteiger partial charge in [0.25, 0.3) is 5.91 Å². The number of carboxylic acid groups (broad SMARTS) is 1. The number of aromatic carboxylic acids is 1. The number of para-hydroxylation sites is 1. The van der Waals surface area contributed by atoms with Gasteiger partial charge in [-0.05, 0) is 53.9 Å². The minimum Gasteiger partial charge on any atom is -0.497 e. The van der Waals surface area contributed by atoms with Crippen molar-refractivity contribution in [1.82, 2.24) is 4.90 Å². The van der Waals surface area contributed by atoms with Crippen molar-refractivity contribution in [2.75, 3.05) is 20.3 Å². The first-order valence-corrected chi connectivity index (χ1v) is 10.5. The second kappa shape index (κ2) is 11.3. The summed E-state index contributed by atoms with van der Waals surface area (Å²) in [4.78, 5) is 26.0. The molecule has 3 aromatic rings. The fourth-order valence-corrected chi connectivity index (χ4v) is 3.44. The van der Waals surface area contributed by atoms with Gasteiger partial charge < -0.3 is 19.5 Å². The van der Waals surface area contributed by atoms with E-state index in [2.05, 4.69) is 0 Å². The van der Waals surface area contributed by atoms with E-state index in [1.807, 2.05) is 24.3 Å².